The molecule has 0 spiro atoms. The Morgan fingerprint density at radius 3 is 2.76 bits per heavy atom. The van der Waals surface area contributed by atoms with Gasteiger partial charge in [0, 0.05) is 47.6 Å². The van der Waals surface area contributed by atoms with E-state index in [1.807, 2.05) is 23.1 Å². The van der Waals surface area contributed by atoms with Crippen LogP contribution in [0.1, 0.15) is 54.8 Å². The van der Waals surface area contributed by atoms with Gasteiger partial charge in [-0.1, -0.05) is 12.1 Å². The molecule has 7 heterocycles. The van der Waals surface area contributed by atoms with Crippen LogP contribution in [-0.4, -0.2) is 64.4 Å². The number of anilines is 3. The number of rotatable bonds is 9. The van der Waals surface area contributed by atoms with Crippen molar-refractivity contribution in [2.24, 2.45) is 0 Å². The number of nitrogens with zero attached hydrogens (tertiary/aromatic N) is 6. The molecule has 0 unspecified atom stereocenters. The van der Waals surface area contributed by atoms with Gasteiger partial charge in [-0.25, -0.2) is 18.2 Å². The van der Waals surface area contributed by atoms with E-state index in [4.69, 9.17) is 25.9 Å². The maximum absolute atomic E-state index is 17.7. The summed E-state index contributed by atoms with van der Waals surface area (Å²) in [5.41, 5.74) is 15.4. The number of nitrogen functional groups attached to an aromatic ring is 2. The molecule has 12 nitrogen and oxygen atoms in total. The molecule has 19 heteroatoms. The number of pyridine rings is 1. The number of benzene rings is 2. The van der Waals surface area contributed by atoms with Gasteiger partial charge in [0.1, 0.15) is 64.7 Å². The molecule has 5 aromatic rings. The van der Waals surface area contributed by atoms with Crippen molar-refractivity contribution in [1.82, 2.24) is 30.7 Å². The fourth-order valence-electron chi connectivity index (χ4n) is 9.03. The molecule has 0 radical (unpaired) electrons. The van der Waals surface area contributed by atoms with Crippen LogP contribution >= 0.6 is 11.3 Å². The third-order valence-electron chi connectivity index (χ3n) is 11.6. The molecular weight excluding hydrogens is 799 g/mol. The van der Waals surface area contributed by atoms with Gasteiger partial charge in [-0.15, -0.1) is 11.3 Å². The molecule has 3 atom stereocenters. The highest BCUT2D eigenvalue weighted by molar-refractivity contribution is 7.23. The molecular formula is C40H36F6N10O2S. The van der Waals surface area contributed by atoms with Crippen LogP contribution in [-0.2, 0) is 6.18 Å². The summed E-state index contributed by atoms with van der Waals surface area (Å²) in [7, 11) is 0. The van der Waals surface area contributed by atoms with Crippen LogP contribution in [0.2, 0.25) is 0 Å². The lowest BCUT2D eigenvalue weighted by atomic mass is 9.91. The van der Waals surface area contributed by atoms with Gasteiger partial charge in [0.05, 0.1) is 33.8 Å². The third kappa shape index (κ3) is 6.54. The minimum absolute atomic E-state index is 0.0558. The number of hydrogen-bond acceptors (Lipinski definition) is 13. The molecule has 4 aliphatic heterocycles. The molecule has 4 aliphatic rings. The number of fused-ring (bicyclic) bond motifs is 2. The lowest BCUT2D eigenvalue weighted by Crippen LogP contribution is -2.43. The van der Waals surface area contributed by atoms with E-state index in [0.29, 0.717) is 42.7 Å². The van der Waals surface area contributed by atoms with Crippen LogP contribution in [0.3, 0.4) is 0 Å². The Kier molecular flexibility index (Phi) is 9.58. The summed E-state index contributed by atoms with van der Waals surface area (Å²) < 4.78 is 107. The molecule has 59 heavy (non-hydrogen) atoms. The van der Waals surface area contributed by atoms with Crippen LogP contribution in [0, 0.1) is 23.0 Å². The second-order valence-corrected chi connectivity index (χ2v) is 16.0. The van der Waals surface area contributed by atoms with Crippen molar-refractivity contribution in [2.45, 2.75) is 56.0 Å². The van der Waals surface area contributed by atoms with Crippen molar-refractivity contribution in [1.29, 1.82) is 5.26 Å². The third-order valence-corrected chi connectivity index (χ3v) is 12.6. The molecule has 0 bridgehead atoms. The minimum Gasteiger partial charge on any atom is -0.490 e. The molecule has 2 fully saturated rings. The van der Waals surface area contributed by atoms with Crippen molar-refractivity contribution < 1.29 is 35.8 Å². The van der Waals surface area contributed by atoms with Crippen LogP contribution in [0.25, 0.3) is 32.1 Å². The zero-order valence-corrected chi connectivity index (χ0v) is 32.0. The van der Waals surface area contributed by atoms with E-state index in [9.17, 15) is 9.65 Å². The summed E-state index contributed by atoms with van der Waals surface area (Å²) in [6, 6.07) is 6.11. The van der Waals surface area contributed by atoms with Crippen LogP contribution in [0.4, 0.5) is 43.0 Å². The number of aromatic nitrogens is 3. The zero-order chi connectivity index (χ0) is 41.2. The summed E-state index contributed by atoms with van der Waals surface area (Å²) in [6.07, 6.45) is 2.94. The molecule has 2 saturated heterocycles. The van der Waals surface area contributed by atoms with E-state index in [-0.39, 0.29) is 76.4 Å². The van der Waals surface area contributed by atoms with E-state index < -0.39 is 63.5 Å². The number of nitrogens with two attached hydrogens (primary N) is 2. The Labute approximate surface area is 337 Å². The highest BCUT2D eigenvalue weighted by Crippen LogP contribution is 2.54. The first kappa shape index (κ1) is 38.5. The normalized spacial score (nSPS) is 20.7. The zero-order valence-electron chi connectivity index (χ0n) is 31.2. The second-order valence-electron chi connectivity index (χ2n) is 15.0. The minimum atomic E-state index is -5.26. The predicted octanol–water partition coefficient (Wildman–Crippen LogP) is 7.42. The van der Waals surface area contributed by atoms with Crippen LogP contribution in [0.5, 0.6) is 11.8 Å². The van der Waals surface area contributed by atoms with Crippen molar-refractivity contribution in [3.63, 3.8) is 0 Å². The van der Waals surface area contributed by atoms with Crippen molar-refractivity contribution in [2.75, 3.05) is 49.2 Å². The summed E-state index contributed by atoms with van der Waals surface area (Å²) in [5.74, 6) is -3.00. The van der Waals surface area contributed by atoms with E-state index in [1.54, 1.807) is 23.2 Å². The van der Waals surface area contributed by atoms with E-state index in [1.165, 1.54) is 6.20 Å². The van der Waals surface area contributed by atoms with Gasteiger partial charge < -0.3 is 36.7 Å². The number of nitriles is 1. The average Bonchev–Trinajstić information content (AvgIpc) is 3.82. The maximum atomic E-state index is 17.7. The number of alkyl halides is 4. The van der Waals surface area contributed by atoms with Gasteiger partial charge in [0.2, 0.25) is 0 Å². The van der Waals surface area contributed by atoms with Gasteiger partial charge >= 0.3 is 12.2 Å². The monoisotopic (exact) mass is 834 g/mol. The largest absolute Gasteiger partial charge is 0.490 e. The molecule has 0 saturated carbocycles. The van der Waals surface area contributed by atoms with Crippen LogP contribution < -0.4 is 36.7 Å². The molecule has 0 aliphatic carbocycles. The van der Waals surface area contributed by atoms with Crippen molar-refractivity contribution in [3.05, 3.63) is 82.8 Å². The maximum Gasteiger partial charge on any atom is 0.420 e. The highest BCUT2D eigenvalue weighted by atomic mass is 32.1. The van der Waals surface area contributed by atoms with Gasteiger partial charge in [0.25, 0.3) is 0 Å². The van der Waals surface area contributed by atoms with Crippen molar-refractivity contribution >= 4 is 49.0 Å². The molecule has 306 valence electrons. The van der Waals surface area contributed by atoms with Crippen molar-refractivity contribution in [3.8, 4) is 29.0 Å². The highest BCUT2D eigenvalue weighted by Gasteiger charge is 2.50. The molecule has 9 rings (SSSR count). The number of hydrazine groups is 1. The van der Waals surface area contributed by atoms with E-state index in [2.05, 4.69) is 20.8 Å². The lowest BCUT2D eigenvalue weighted by Gasteiger charge is -2.34. The Bertz CT molecular complexity index is 2610. The molecule has 0 amide bonds. The standard InChI is InChI=1S/C40H36F6N10O2S/c41-20-16-39(10-3-13-55(39)18-20)19-58-38-52-32-29-33(30(40(44,45)46)28(31(32)43)23-7-8-25(42)34-27(23)24(17-47)36(49)59-34)57-15-14-56(37(29)53-38)26(22-5-2-11-50-35(22)48)9-6-21-4-1-12-51-54-21/h1-2,4-5,7-8,11-12,20,26,51,54H,3,6,9-10,13-16,18-19,49H2,(H2,48,50)/t20-,26-,39+/m1/s1. The fourth-order valence-corrected chi connectivity index (χ4v) is 9.98. The first-order valence-electron chi connectivity index (χ1n) is 18.9. The topological polar surface area (TPSA) is 164 Å². The predicted molar refractivity (Wildman–Crippen MR) is 210 cm³/mol. The quantitative estimate of drug-likeness (QED) is 0.109. The number of thiophene rings is 1. The Hall–Kier alpha value is -6.00. The number of hydrogen-bond donors (Lipinski definition) is 4. The van der Waals surface area contributed by atoms with Gasteiger partial charge in [0.15, 0.2) is 5.82 Å². The van der Waals surface area contributed by atoms with Gasteiger partial charge in [-0.05, 0) is 62.1 Å². The number of ether oxygens (including phenoxy) is 2. The fraction of sp³-hybridized carbons (Fsp3) is 0.350. The van der Waals surface area contributed by atoms with E-state index >= 15 is 22.0 Å². The molecule has 3 aromatic heterocycles. The summed E-state index contributed by atoms with van der Waals surface area (Å²) >= 11 is 0.665. The van der Waals surface area contributed by atoms with Gasteiger partial charge in [-0.2, -0.15) is 28.4 Å². The summed E-state index contributed by atoms with van der Waals surface area (Å²) in [5, 5.41) is 9.21. The van der Waals surface area contributed by atoms with E-state index in [0.717, 1.165) is 24.3 Å². The number of allylic oxidation sites excluding steroid dienone is 3. The van der Waals surface area contributed by atoms with Crippen LogP contribution in [0.15, 0.2) is 54.5 Å². The first-order valence-corrected chi connectivity index (χ1v) is 19.7. The smallest absolute Gasteiger partial charge is 0.420 e. The lowest BCUT2D eigenvalue weighted by molar-refractivity contribution is -0.138. The Morgan fingerprint density at radius 2 is 2.00 bits per heavy atom. The number of halogens is 6. The Balaban J connectivity index is 1.30. The number of nitrogens with one attached hydrogen (secondary N) is 2. The Morgan fingerprint density at radius 1 is 1.15 bits per heavy atom. The molecule has 6 N–H and O–H groups in total. The average molecular weight is 835 g/mol. The first-order chi connectivity index (χ1) is 28.4. The SMILES string of the molecule is N#Cc1c(N)sc2c(F)ccc(-c3c(C(F)(F)F)c4c5c(nc(OC[C@@]67CCCN6C[C@H](F)C7)nc5c3F)N([C@H](CCC3=CC=CNN3)c3cccnc3N)CCO4)c12. The van der Waals surface area contributed by atoms with Gasteiger partial charge in [-0.3, -0.25) is 4.90 Å². The summed E-state index contributed by atoms with van der Waals surface area (Å²) in [4.78, 5) is 17.2. The molecule has 2 aromatic carbocycles. The summed E-state index contributed by atoms with van der Waals surface area (Å²) in [6.45, 7) is 0.444. The second kappa shape index (κ2) is 14.7.